The highest BCUT2D eigenvalue weighted by Gasteiger charge is 2.15. The third-order valence-corrected chi connectivity index (χ3v) is 4.19. The summed E-state index contributed by atoms with van der Waals surface area (Å²) in [7, 11) is -3.39. The molecule has 1 aromatic carbocycles. The van der Waals surface area contributed by atoms with Gasteiger partial charge in [0.1, 0.15) is 0 Å². The van der Waals surface area contributed by atoms with Crippen LogP contribution in [0, 0.1) is 0 Å². The molecule has 6 heteroatoms. The second kappa shape index (κ2) is 6.70. The van der Waals surface area contributed by atoms with Gasteiger partial charge in [0, 0.05) is 17.4 Å². The Kier molecular flexibility index (Phi) is 5.55. The number of hydrogen-bond donors (Lipinski definition) is 1. The molecule has 0 atom stereocenters. The van der Waals surface area contributed by atoms with Gasteiger partial charge in [-0.15, -0.1) is 0 Å². The van der Waals surface area contributed by atoms with Gasteiger partial charge in [0.25, 0.3) is 0 Å². The first-order chi connectivity index (χ1) is 8.42. The van der Waals surface area contributed by atoms with Gasteiger partial charge in [-0.3, -0.25) is 4.79 Å². The van der Waals surface area contributed by atoms with Crippen molar-refractivity contribution in [3.63, 3.8) is 0 Å². The summed E-state index contributed by atoms with van der Waals surface area (Å²) in [6.45, 7) is 3.86. The van der Waals surface area contributed by atoms with E-state index < -0.39 is 9.84 Å². The van der Waals surface area contributed by atoms with Crippen LogP contribution in [0.4, 0.5) is 0 Å². The van der Waals surface area contributed by atoms with E-state index in [9.17, 15) is 13.2 Å². The van der Waals surface area contributed by atoms with Gasteiger partial charge in [0.15, 0.2) is 9.84 Å². The summed E-state index contributed by atoms with van der Waals surface area (Å²) < 4.78 is 24.4. The van der Waals surface area contributed by atoms with Crippen molar-refractivity contribution in [2.75, 3.05) is 12.3 Å². The van der Waals surface area contributed by atoms with Crippen molar-refractivity contribution in [1.29, 1.82) is 0 Å². The Morgan fingerprint density at radius 3 is 2.44 bits per heavy atom. The standard InChI is InChI=1S/C12H14BrNO3S/c1-10(13)9-14-12(15)7-8-18(16,17)11-5-3-2-4-6-11/h2-6H,1,7-9H2,(H,14,15). The van der Waals surface area contributed by atoms with E-state index in [0.29, 0.717) is 11.0 Å². The molecular weight excluding hydrogens is 318 g/mol. The number of amides is 1. The third kappa shape index (κ3) is 5.01. The summed E-state index contributed by atoms with van der Waals surface area (Å²) in [5.41, 5.74) is 0. The maximum atomic E-state index is 11.9. The van der Waals surface area contributed by atoms with E-state index >= 15 is 0 Å². The molecule has 4 nitrogen and oxygen atoms in total. The molecule has 1 rings (SSSR count). The molecule has 18 heavy (non-hydrogen) atoms. The molecule has 1 N–H and O–H groups in total. The first-order valence-electron chi connectivity index (χ1n) is 5.29. The fourth-order valence-corrected chi connectivity index (χ4v) is 2.66. The summed E-state index contributed by atoms with van der Waals surface area (Å²) in [4.78, 5) is 11.6. The van der Waals surface area contributed by atoms with Gasteiger partial charge in [-0.1, -0.05) is 40.7 Å². The number of sulfone groups is 1. The molecular formula is C12H14BrNO3S. The van der Waals surface area contributed by atoms with Crippen LogP contribution >= 0.6 is 15.9 Å². The van der Waals surface area contributed by atoms with Crippen molar-refractivity contribution < 1.29 is 13.2 Å². The lowest BCUT2D eigenvalue weighted by Gasteiger charge is -2.05. The largest absolute Gasteiger partial charge is 0.351 e. The Balaban J connectivity index is 2.53. The van der Waals surface area contributed by atoms with Crippen molar-refractivity contribution in [2.45, 2.75) is 11.3 Å². The Hall–Kier alpha value is -1.14. The molecule has 0 fully saturated rings. The summed E-state index contributed by atoms with van der Waals surface area (Å²) >= 11 is 3.10. The molecule has 0 unspecified atom stereocenters. The number of carbonyl (C=O) groups excluding carboxylic acids is 1. The molecule has 0 bridgehead atoms. The highest BCUT2D eigenvalue weighted by atomic mass is 79.9. The van der Waals surface area contributed by atoms with Crippen LogP contribution in [-0.2, 0) is 14.6 Å². The normalized spacial score (nSPS) is 10.9. The molecule has 0 saturated carbocycles. The average molecular weight is 332 g/mol. The number of nitrogens with one attached hydrogen (secondary N) is 1. The highest BCUT2D eigenvalue weighted by Crippen LogP contribution is 2.11. The van der Waals surface area contributed by atoms with Gasteiger partial charge in [0.2, 0.25) is 5.91 Å². The molecule has 1 aromatic rings. The number of hydrogen-bond acceptors (Lipinski definition) is 3. The fraction of sp³-hybridized carbons (Fsp3) is 0.250. The Bertz CT molecular complexity index is 526. The maximum Gasteiger partial charge on any atom is 0.221 e. The van der Waals surface area contributed by atoms with Crippen LogP contribution < -0.4 is 5.32 Å². The summed E-state index contributed by atoms with van der Waals surface area (Å²) in [6, 6.07) is 8.10. The average Bonchev–Trinajstić information content (AvgIpc) is 2.35. The number of benzene rings is 1. The first kappa shape index (κ1) is 14.9. The van der Waals surface area contributed by atoms with Gasteiger partial charge in [0.05, 0.1) is 10.6 Å². The predicted octanol–water partition coefficient (Wildman–Crippen LogP) is 1.88. The molecule has 98 valence electrons. The van der Waals surface area contributed by atoms with Crippen LogP contribution in [0.2, 0.25) is 0 Å². The topological polar surface area (TPSA) is 63.2 Å². The molecule has 0 radical (unpaired) electrons. The van der Waals surface area contributed by atoms with E-state index in [1.165, 1.54) is 12.1 Å². The third-order valence-electron chi connectivity index (χ3n) is 2.18. The van der Waals surface area contributed by atoms with E-state index in [1.54, 1.807) is 18.2 Å². The quantitative estimate of drug-likeness (QED) is 0.865. The SMILES string of the molecule is C=C(Br)CNC(=O)CCS(=O)(=O)c1ccccc1. The van der Waals surface area contributed by atoms with Gasteiger partial charge >= 0.3 is 0 Å². The highest BCUT2D eigenvalue weighted by molar-refractivity contribution is 9.11. The first-order valence-corrected chi connectivity index (χ1v) is 7.74. The zero-order valence-electron chi connectivity index (χ0n) is 9.73. The number of halogens is 1. The van der Waals surface area contributed by atoms with Crippen LogP contribution in [-0.4, -0.2) is 26.6 Å². The van der Waals surface area contributed by atoms with Crippen LogP contribution in [0.3, 0.4) is 0 Å². The van der Waals surface area contributed by atoms with Crippen molar-refractivity contribution in [3.05, 3.63) is 41.4 Å². The minimum atomic E-state index is -3.39. The summed E-state index contributed by atoms with van der Waals surface area (Å²) in [5.74, 6) is -0.507. The van der Waals surface area contributed by atoms with Gasteiger partial charge < -0.3 is 5.32 Å². The van der Waals surface area contributed by atoms with Crippen molar-refractivity contribution in [3.8, 4) is 0 Å². The molecule has 0 aliphatic rings. The molecule has 0 aliphatic heterocycles. The van der Waals surface area contributed by atoms with Gasteiger partial charge in [-0.05, 0) is 12.1 Å². The Morgan fingerprint density at radius 2 is 1.89 bits per heavy atom. The second-order valence-electron chi connectivity index (χ2n) is 3.68. The monoisotopic (exact) mass is 331 g/mol. The lowest BCUT2D eigenvalue weighted by molar-refractivity contribution is -0.120. The molecule has 0 saturated heterocycles. The Labute approximate surface area is 115 Å². The number of rotatable bonds is 6. The van der Waals surface area contributed by atoms with Crippen molar-refractivity contribution in [2.24, 2.45) is 0 Å². The molecule has 0 aliphatic carbocycles. The van der Waals surface area contributed by atoms with Crippen molar-refractivity contribution >= 4 is 31.7 Å². The zero-order valence-corrected chi connectivity index (χ0v) is 12.1. The zero-order chi connectivity index (χ0) is 13.6. The summed E-state index contributed by atoms with van der Waals surface area (Å²) in [6.07, 6.45) is -0.0580. The van der Waals surface area contributed by atoms with Gasteiger partial charge in [-0.25, -0.2) is 8.42 Å². The van der Waals surface area contributed by atoms with E-state index in [1.807, 2.05) is 0 Å². The maximum absolute atomic E-state index is 11.9. The Morgan fingerprint density at radius 1 is 1.28 bits per heavy atom. The van der Waals surface area contributed by atoms with Crippen LogP contribution in [0.15, 0.2) is 46.3 Å². The lowest BCUT2D eigenvalue weighted by Crippen LogP contribution is -2.26. The van der Waals surface area contributed by atoms with Crippen LogP contribution in [0.25, 0.3) is 0 Å². The number of carbonyl (C=O) groups is 1. The second-order valence-corrected chi connectivity index (χ2v) is 6.91. The van der Waals surface area contributed by atoms with E-state index in [-0.39, 0.29) is 23.0 Å². The smallest absolute Gasteiger partial charge is 0.221 e. The lowest BCUT2D eigenvalue weighted by atomic mass is 10.4. The van der Waals surface area contributed by atoms with Crippen molar-refractivity contribution in [1.82, 2.24) is 5.32 Å². The predicted molar refractivity (Wildman–Crippen MR) is 74.2 cm³/mol. The van der Waals surface area contributed by atoms with E-state index in [4.69, 9.17) is 0 Å². The molecule has 1 amide bonds. The van der Waals surface area contributed by atoms with Crippen LogP contribution in [0.1, 0.15) is 6.42 Å². The van der Waals surface area contributed by atoms with Gasteiger partial charge in [-0.2, -0.15) is 0 Å². The fourth-order valence-electron chi connectivity index (χ4n) is 1.26. The molecule has 0 heterocycles. The molecule has 0 spiro atoms. The molecule has 0 aromatic heterocycles. The van der Waals surface area contributed by atoms with Crippen LogP contribution in [0.5, 0.6) is 0 Å². The minimum Gasteiger partial charge on any atom is -0.351 e. The summed E-state index contributed by atoms with van der Waals surface area (Å²) in [5, 5.41) is 2.56. The van der Waals surface area contributed by atoms with E-state index in [2.05, 4.69) is 27.8 Å². The van der Waals surface area contributed by atoms with E-state index in [0.717, 1.165) is 0 Å². The minimum absolute atomic E-state index is 0.0580.